The molecule has 2 rings (SSSR count). The molecule has 5 heteroatoms. The van der Waals surface area contributed by atoms with Crippen molar-refractivity contribution in [3.8, 4) is 0 Å². The molecule has 96 valence electrons. The fourth-order valence-corrected chi connectivity index (χ4v) is 1.90. The lowest BCUT2D eigenvalue weighted by atomic mass is 10.1. The molecule has 0 spiro atoms. The SMILES string of the molecule is CN1CCC(OC(=O)Cc2ccc(N)cc2)C1=O. The number of amides is 1. The summed E-state index contributed by atoms with van der Waals surface area (Å²) in [5.41, 5.74) is 7.04. The third kappa shape index (κ3) is 2.80. The summed E-state index contributed by atoms with van der Waals surface area (Å²) in [6.07, 6.45) is 0.118. The second-order valence-corrected chi connectivity index (χ2v) is 4.45. The average molecular weight is 248 g/mol. The summed E-state index contributed by atoms with van der Waals surface area (Å²) in [5, 5.41) is 0. The second-order valence-electron chi connectivity index (χ2n) is 4.45. The number of nitrogens with two attached hydrogens (primary N) is 1. The van der Waals surface area contributed by atoms with Crippen molar-refractivity contribution in [2.75, 3.05) is 19.3 Å². The fraction of sp³-hybridized carbons (Fsp3) is 0.385. The highest BCUT2D eigenvalue weighted by Crippen LogP contribution is 2.14. The van der Waals surface area contributed by atoms with Gasteiger partial charge in [0.2, 0.25) is 0 Å². The molecular weight excluding hydrogens is 232 g/mol. The first-order valence-electron chi connectivity index (χ1n) is 5.85. The lowest BCUT2D eigenvalue weighted by Gasteiger charge is -2.11. The summed E-state index contributed by atoms with van der Waals surface area (Å²) in [4.78, 5) is 24.8. The van der Waals surface area contributed by atoms with E-state index in [1.165, 1.54) is 0 Å². The first-order chi connectivity index (χ1) is 8.56. The van der Waals surface area contributed by atoms with Crippen LogP contribution in [0.2, 0.25) is 0 Å². The molecule has 0 saturated carbocycles. The number of likely N-dealkylation sites (N-methyl/N-ethyl adjacent to an activating group) is 1. The highest BCUT2D eigenvalue weighted by atomic mass is 16.5. The number of rotatable bonds is 3. The highest BCUT2D eigenvalue weighted by molar-refractivity contribution is 5.85. The molecule has 1 atom stereocenters. The van der Waals surface area contributed by atoms with E-state index in [-0.39, 0.29) is 18.3 Å². The number of likely N-dealkylation sites (tertiary alicyclic amines) is 1. The molecule has 1 amide bonds. The maximum absolute atomic E-state index is 11.7. The van der Waals surface area contributed by atoms with Crippen LogP contribution in [0.5, 0.6) is 0 Å². The van der Waals surface area contributed by atoms with Crippen LogP contribution in [0.25, 0.3) is 0 Å². The molecule has 1 fully saturated rings. The molecule has 0 bridgehead atoms. The van der Waals surface area contributed by atoms with Crippen LogP contribution in [0.1, 0.15) is 12.0 Å². The maximum Gasteiger partial charge on any atom is 0.311 e. The molecule has 0 aliphatic carbocycles. The van der Waals surface area contributed by atoms with Crippen LogP contribution in [-0.4, -0.2) is 36.5 Å². The van der Waals surface area contributed by atoms with Crippen LogP contribution in [0.4, 0.5) is 5.69 Å². The van der Waals surface area contributed by atoms with E-state index in [2.05, 4.69) is 0 Å². The van der Waals surface area contributed by atoms with E-state index in [0.29, 0.717) is 18.7 Å². The van der Waals surface area contributed by atoms with Gasteiger partial charge in [0.25, 0.3) is 5.91 Å². The molecule has 1 aliphatic rings. The number of nitrogens with zero attached hydrogens (tertiary/aromatic N) is 1. The van der Waals surface area contributed by atoms with E-state index >= 15 is 0 Å². The summed E-state index contributed by atoms with van der Waals surface area (Å²) in [6, 6.07) is 7.02. The van der Waals surface area contributed by atoms with E-state index in [0.717, 1.165) is 5.56 Å². The van der Waals surface area contributed by atoms with Crippen molar-refractivity contribution in [1.29, 1.82) is 0 Å². The van der Waals surface area contributed by atoms with Gasteiger partial charge in [0.05, 0.1) is 6.42 Å². The zero-order chi connectivity index (χ0) is 13.1. The number of esters is 1. The number of carbonyl (C=O) groups excluding carboxylic acids is 2. The Balaban J connectivity index is 1.89. The van der Waals surface area contributed by atoms with Crippen LogP contribution < -0.4 is 5.73 Å². The van der Waals surface area contributed by atoms with Gasteiger partial charge in [-0.3, -0.25) is 9.59 Å². The predicted molar refractivity (Wildman–Crippen MR) is 66.7 cm³/mol. The van der Waals surface area contributed by atoms with Gasteiger partial charge in [-0.15, -0.1) is 0 Å². The van der Waals surface area contributed by atoms with Crippen molar-refractivity contribution >= 4 is 17.6 Å². The maximum atomic E-state index is 11.7. The second kappa shape index (κ2) is 5.08. The molecule has 0 radical (unpaired) electrons. The first-order valence-corrected chi connectivity index (χ1v) is 5.85. The number of nitrogen functional groups attached to an aromatic ring is 1. The minimum atomic E-state index is -0.615. The van der Waals surface area contributed by atoms with E-state index in [1.54, 1.807) is 36.2 Å². The summed E-state index contributed by atoms with van der Waals surface area (Å²) in [7, 11) is 1.70. The Morgan fingerprint density at radius 1 is 1.44 bits per heavy atom. The van der Waals surface area contributed by atoms with Crippen LogP contribution in [0.3, 0.4) is 0 Å². The quantitative estimate of drug-likeness (QED) is 0.627. The molecule has 2 N–H and O–H groups in total. The number of hydrogen-bond acceptors (Lipinski definition) is 4. The van der Waals surface area contributed by atoms with Gasteiger partial charge in [-0.05, 0) is 17.7 Å². The number of hydrogen-bond donors (Lipinski definition) is 1. The number of benzene rings is 1. The molecule has 5 nitrogen and oxygen atoms in total. The standard InChI is InChI=1S/C13H16N2O3/c1-15-7-6-11(13(15)17)18-12(16)8-9-2-4-10(14)5-3-9/h2-5,11H,6-8,14H2,1H3. The molecule has 1 heterocycles. The van der Waals surface area contributed by atoms with Crippen molar-refractivity contribution in [2.45, 2.75) is 18.9 Å². The molecule has 1 aromatic rings. The molecule has 0 aromatic heterocycles. The fourth-order valence-electron chi connectivity index (χ4n) is 1.90. The molecule has 1 unspecified atom stereocenters. The number of carbonyl (C=O) groups is 2. The Hall–Kier alpha value is -2.04. The molecule has 1 aliphatic heterocycles. The largest absolute Gasteiger partial charge is 0.452 e. The van der Waals surface area contributed by atoms with E-state index in [9.17, 15) is 9.59 Å². The van der Waals surface area contributed by atoms with Gasteiger partial charge < -0.3 is 15.4 Å². The van der Waals surface area contributed by atoms with Crippen LogP contribution in [0.15, 0.2) is 24.3 Å². The Morgan fingerprint density at radius 2 is 2.11 bits per heavy atom. The monoisotopic (exact) mass is 248 g/mol. The molecule has 1 saturated heterocycles. The molecular formula is C13H16N2O3. The summed E-state index contributed by atoms with van der Waals surface area (Å²) in [6.45, 7) is 0.638. The van der Waals surface area contributed by atoms with Crippen LogP contribution >= 0.6 is 0 Å². The van der Waals surface area contributed by atoms with Crippen molar-refractivity contribution in [1.82, 2.24) is 4.90 Å². The smallest absolute Gasteiger partial charge is 0.311 e. The minimum Gasteiger partial charge on any atom is -0.452 e. The Bertz CT molecular complexity index is 456. The molecule has 1 aromatic carbocycles. The zero-order valence-electron chi connectivity index (χ0n) is 10.3. The Labute approximate surface area is 106 Å². The van der Waals surface area contributed by atoms with Crippen LogP contribution in [-0.2, 0) is 20.7 Å². The zero-order valence-corrected chi connectivity index (χ0v) is 10.3. The van der Waals surface area contributed by atoms with Crippen molar-refractivity contribution in [2.24, 2.45) is 0 Å². The van der Waals surface area contributed by atoms with Crippen LogP contribution in [0, 0.1) is 0 Å². The topological polar surface area (TPSA) is 72.6 Å². The lowest BCUT2D eigenvalue weighted by Crippen LogP contribution is -2.29. The van der Waals surface area contributed by atoms with E-state index in [4.69, 9.17) is 10.5 Å². The lowest BCUT2D eigenvalue weighted by molar-refractivity contribution is -0.155. The average Bonchev–Trinajstić information content (AvgIpc) is 2.64. The van der Waals surface area contributed by atoms with E-state index < -0.39 is 6.10 Å². The predicted octanol–water partition coefficient (Wildman–Crippen LogP) is 0.585. The number of ether oxygens (including phenoxy) is 1. The van der Waals surface area contributed by atoms with Gasteiger partial charge in [0.1, 0.15) is 0 Å². The third-order valence-electron chi connectivity index (χ3n) is 2.98. The van der Waals surface area contributed by atoms with Gasteiger partial charge >= 0.3 is 5.97 Å². The molecule has 18 heavy (non-hydrogen) atoms. The number of anilines is 1. The van der Waals surface area contributed by atoms with Crippen molar-refractivity contribution in [3.05, 3.63) is 29.8 Å². The van der Waals surface area contributed by atoms with Crippen molar-refractivity contribution in [3.63, 3.8) is 0 Å². The Morgan fingerprint density at radius 3 is 2.67 bits per heavy atom. The first kappa shape index (κ1) is 12.4. The van der Waals surface area contributed by atoms with Gasteiger partial charge in [0, 0.05) is 25.7 Å². The van der Waals surface area contributed by atoms with Gasteiger partial charge in [-0.1, -0.05) is 12.1 Å². The Kier molecular flexibility index (Phi) is 3.50. The van der Waals surface area contributed by atoms with Gasteiger partial charge in [-0.2, -0.15) is 0 Å². The summed E-state index contributed by atoms with van der Waals surface area (Å²) in [5.74, 6) is -0.505. The highest BCUT2D eigenvalue weighted by Gasteiger charge is 2.32. The van der Waals surface area contributed by atoms with E-state index in [1.807, 2.05) is 0 Å². The van der Waals surface area contributed by atoms with Crippen molar-refractivity contribution < 1.29 is 14.3 Å². The minimum absolute atomic E-state index is 0.124. The normalized spacial score (nSPS) is 19.1. The van der Waals surface area contributed by atoms with Gasteiger partial charge in [-0.25, -0.2) is 0 Å². The summed E-state index contributed by atoms with van der Waals surface area (Å²) >= 11 is 0. The summed E-state index contributed by atoms with van der Waals surface area (Å²) < 4.78 is 5.17. The third-order valence-corrected chi connectivity index (χ3v) is 2.98. The van der Waals surface area contributed by atoms with Gasteiger partial charge in [0.15, 0.2) is 6.10 Å².